The van der Waals surface area contributed by atoms with Crippen LogP contribution in [0.3, 0.4) is 0 Å². The van der Waals surface area contributed by atoms with E-state index in [2.05, 4.69) is 0 Å². The Morgan fingerprint density at radius 1 is 0.608 bits per heavy atom. The van der Waals surface area contributed by atoms with Gasteiger partial charge in [-0.05, 0) is 102 Å². The van der Waals surface area contributed by atoms with Crippen molar-refractivity contribution in [3.63, 3.8) is 0 Å². The van der Waals surface area contributed by atoms with E-state index in [9.17, 15) is 20.8 Å². The molecule has 0 spiro atoms. The number of halogens is 6. The first-order valence-electron chi connectivity index (χ1n) is 16.2. The summed E-state index contributed by atoms with van der Waals surface area (Å²) in [6.07, 6.45) is 0. The zero-order chi connectivity index (χ0) is 37.5. The molecule has 4 aliphatic heterocycles. The maximum absolute atomic E-state index is 15.9. The van der Waals surface area contributed by atoms with Gasteiger partial charge in [0.15, 0.2) is 11.1 Å². The lowest BCUT2D eigenvalue weighted by atomic mass is 9.79. The van der Waals surface area contributed by atoms with Gasteiger partial charge in [-0.2, -0.15) is 26.3 Å². The highest BCUT2D eigenvalue weighted by Crippen LogP contribution is 2.72. The van der Waals surface area contributed by atoms with Crippen molar-refractivity contribution in [2.75, 3.05) is 0 Å². The zero-order valence-electron chi connectivity index (χ0n) is 28.6. The second-order valence-electron chi connectivity index (χ2n) is 15.9. The topological polar surface area (TPSA) is 98.4 Å². The third kappa shape index (κ3) is 3.70. The Morgan fingerprint density at radius 2 is 0.941 bits per heavy atom. The van der Waals surface area contributed by atoms with Crippen molar-refractivity contribution < 1.29 is 46.2 Å². The average molecular weight is 751 g/mol. The molecule has 0 saturated heterocycles. The Balaban J connectivity index is 1.31. The van der Waals surface area contributed by atoms with Crippen molar-refractivity contribution in [2.45, 2.75) is 116 Å². The summed E-state index contributed by atoms with van der Waals surface area (Å²) in [4.78, 5) is 0.526. The van der Waals surface area contributed by atoms with Gasteiger partial charge in [0.1, 0.15) is 11.1 Å². The Morgan fingerprint density at radius 3 is 1.24 bits per heavy atom. The minimum Gasteiger partial charge on any atom is -0.714 e. The summed E-state index contributed by atoms with van der Waals surface area (Å²) < 4.78 is 95.4. The summed E-state index contributed by atoms with van der Waals surface area (Å²) in [7, 11) is 0. The van der Waals surface area contributed by atoms with E-state index in [1.165, 1.54) is 36.4 Å². The predicted octanol–water partition coefficient (Wildman–Crippen LogP) is 7.73. The number of allylic oxidation sites excluding steroid dienone is 2. The molecule has 0 amide bonds. The largest absolute Gasteiger partial charge is 0.714 e. The van der Waals surface area contributed by atoms with E-state index < -0.39 is 61.6 Å². The smallest absolute Gasteiger partial charge is 0.380 e. The maximum Gasteiger partial charge on any atom is 0.380 e. The molecule has 2 atom stereocenters. The zero-order valence-corrected chi connectivity index (χ0v) is 30.3. The van der Waals surface area contributed by atoms with Crippen LogP contribution < -0.4 is 0 Å². The average Bonchev–Trinajstić information content (AvgIpc) is 3.69. The third-order valence-electron chi connectivity index (χ3n) is 12.4. The summed E-state index contributed by atoms with van der Waals surface area (Å²) in [6, 6.07) is 8.19. The van der Waals surface area contributed by atoms with Crippen molar-refractivity contribution in [3.8, 4) is 0 Å². The molecule has 1 saturated carbocycles. The number of thioether (sulfide) groups is 2. The van der Waals surface area contributed by atoms with Crippen molar-refractivity contribution in [3.05, 3.63) is 80.2 Å². The summed E-state index contributed by atoms with van der Waals surface area (Å²) in [5, 5.41) is 52.6. The number of hydrogen-bond acceptors (Lipinski definition) is 6. The first-order chi connectivity index (χ1) is 23.3. The molecule has 0 N–H and O–H groups in total. The van der Waals surface area contributed by atoms with Gasteiger partial charge in [0.05, 0.1) is 21.6 Å². The normalized spacial score (nSPS) is 29.5. The van der Waals surface area contributed by atoms with Gasteiger partial charge < -0.3 is 10.4 Å². The Labute approximate surface area is 297 Å². The molecule has 0 bridgehead atoms. The second-order valence-corrected chi connectivity index (χ2v) is 18.2. The monoisotopic (exact) mass is 750 g/mol. The second kappa shape index (κ2) is 9.60. The Hall–Kier alpha value is -3.34. The quantitative estimate of drug-likeness (QED) is 0.177. The third-order valence-corrected chi connectivity index (χ3v) is 15.3. The lowest BCUT2D eigenvalue weighted by Gasteiger charge is -2.32. The minimum atomic E-state index is -5.75. The van der Waals surface area contributed by atoms with E-state index in [0.29, 0.717) is 19.6 Å². The SMILES string of the molecule is CC1(C)N([O])C(c2ccc3c(c2)S[C@@H]2C3=C3C(=C4c5ccc(C6=[N+]([O-])C(C)(C)C(C)(C)N6[O])cc5S[C@H]42)C(F)(F)C(F)(F)C3(F)F)=[N+]([O-])C1(C)C. The van der Waals surface area contributed by atoms with Crippen LogP contribution in [0.4, 0.5) is 26.3 Å². The number of nitrogens with zero attached hydrogens (tertiary/aromatic N) is 4. The number of alkyl halides is 6. The van der Waals surface area contributed by atoms with E-state index >= 15 is 26.3 Å². The van der Waals surface area contributed by atoms with E-state index in [1.807, 2.05) is 0 Å². The maximum atomic E-state index is 15.9. The lowest BCUT2D eigenvalue weighted by Crippen LogP contribution is -2.53. The predicted molar refractivity (Wildman–Crippen MR) is 178 cm³/mol. The first-order valence-corrected chi connectivity index (χ1v) is 17.9. The van der Waals surface area contributed by atoms with Gasteiger partial charge in [-0.3, -0.25) is 9.48 Å². The molecule has 16 heteroatoms. The number of hydroxylamine groups is 6. The van der Waals surface area contributed by atoms with Gasteiger partial charge in [-0.25, -0.2) is 0 Å². The molecule has 270 valence electrons. The van der Waals surface area contributed by atoms with Crippen molar-refractivity contribution in [1.29, 1.82) is 0 Å². The molecule has 2 radical (unpaired) electrons. The molecule has 0 unspecified atom stereocenters. The van der Waals surface area contributed by atoms with Crippen molar-refractivity contribution >= 4 is 46.3 Å². The van der Waals surface area contributed by atoms with Crippen molar-refractivity contribution in [2.24, 2.45) is 0 Å². The molecule has 4 heterocycles. The Bertz CT molecular complexity index is 1990. The summed E-state index contributed by atoms with van der Waals surface area (Å²) in [6.45, 7) is 12.8. The van der Waals surface area contributed by atoms with Crippen LogP contribution in [0.1, 0.15) is 77.6 Å². The number of benzene rings is 2. The minimum absolute atomic E-state index is 0.0349. The van der Waals surface area contributed by atoms with Crippen molar-refractivity contribution in [1.82, 2.24) is 10.1 Å². The molecular weight excluding hydrogens is 719 g/mol. The molecule has 2 aromatic rings. The summed E-state index contributed by atoms with van der Waals surface area (Å²) in [5.41, 5.74) is -7.82. The fourth-order valence-corrected chi connectivity index (χ4v) is 10.9. The van der Waals surface area contributed by atoms with Gasteiger partial charge in [-0.15, -0.1) is 23.5 Å². The van der Waals surface area contributed by atoms with Crippen LogP contribution in [0.15, 0.2) is 57.3 Å². The van der Waals surface area contributed by atoms with Gasteiger partial charge in [-0.1, -0.05) is 22.3 Å². The van der Waals surface area contributed by atoms with Crippen LogP contribution in [0, 0.1) is 10.4 Å². The van der Waals surface area contributed by atoms with Crippen LogP contribution in [-0.4, -0.2) is 81.7 Å². The molecule has 2 aromatic carbocycles. The molecule has 51 heavy (non-hydrogen) atoms. The van der Waals surface area contributed by atoms with E-state index in [4.69, 9.17) is 0 Å². The van der Waals surface area contributed by atoms with Gasteiger partial charge >= 0.3 is 29.4 Å². The summed E-state index contributed by atoms with van der Waals surface area (Å²) >= 11 is 2.02. The van der Waals surface area contributed by atoms with E-state index in [0.717, 1.165) is 23.5 Å². The van der Waals surface area contributed by atoms with Crippen LogP contribution in [0.2, 0.25) is 0 Å². The summed E-state index contributed by atoms with van der Waals surface area (Å²) in [5.74, 6) is -16.7. The van der Waals surface area contributed by atoms with Crippen LogP contribution >= 0.6 is 23.5 Å². The molecule has 1 fully saturated rings. The molecular formula is C35H32F6N4O4S2. The van der Waals surface area contributed by atoms with Gasteiger partial charge in [0.25, 0.3) is 0 Å². The molecule has 6 aliphatic rings. The molecule has 2 aliphatic carbocycles. The first kappa shape index (κ1) is 34.7. The van der Waals surface area contributed by atoms with E-state index in [1.54, 1.807) is 55.4 Å². The van der Waals surface area contributed by atoms with E-state index in [-0.39, 0.29) is 54.9 Å². The molecule has 0 aromatic heterocycles. The highest BCUT2D eigenvalue weighted by atomic mass is 32.2. The fraction of sp³-hybridized carbons (Fsp3) is 0.486. The van der Waals surface area contributed by atoms with Crippen LogP contribution in [0.25, 0.3) is 11.1 Å². The number of fused-ring (bicyclic) bond motifs is 8. The molecule has 8 nitrogen and oxygen atoms in total. The standard InChI is InChI=1S/C35H32F6N4O4S2/c1-29(2)30(3,4)43(47)27(42(29)46)15-9-11-17-19(13-15)50-25-21(17)23-24(34(38,39)35(40,41)33(23,36)37)22-18-12-10-16(14-20(18)51-26(22)25)28-44(48)31(5,6)32(7,8)45(28)49/h9-14,25-26H,1-8H3/t25-,26-/m1/s1. The highest BCUT2D eigenvalue weighted by Gasteiger charge is 2.83. The highest BCUT2D eigenvalue weighted by molar-refractivity contribution is 8.05. The van der Waals surface area contributed by atoms with Crippen LogP contribution in [-0.2, 0) is 10.4 Å². The van der Waals surface area contributed by atoms with Gasteiger partial charge in [0, 0.05) is 31.4 Å². The Kier molecular flexibility index (Phi) is 6.54. The molecule has 8 rings (SSSR count). The van der Waals surface area contributed by atoms with Crippen LogP contribution in [0.5, 0.6) is 0 Å². The fourth-order valence-electron chi connectivity index (χ4n) is 7.76. The lowest BCUT2D eigenvalue weighted by molar-refractivity contribution is -0.539. The van der Waals surface area contributed by atoms with Gasteiger partial charge in [0.2, 0.25) is 0 Å². The number of rotatable bonds is 2. The number of amidine groups is 2. The number of hydrogen-bond donors (Lipinski definition) is 0.